The number of hydrogen-bond donors (Lipinski definition) is 2. The molecule has 3 rings (SSSR count). The molecule has 0 spiro atoms. The van der Waals surface area contributed by atoms with Crippen molar-refractivity contribution in [2.45, 2.75) is 25.8 Å². The molecule has 0 amide bonds. The van der Waals surface area contributed by atoms with Crippen LogP contribution < -0.4 is 10.6 Å². The Hall–Kier alpha value is -3.03. The molecule has 0 aliphatic heterocycles. The number of nitrogens with zero attached hydrogens (tertiary/aromatic N) is 4. The van der Waals surface area contributed by atoms with Crippen molar-refractivity contribution in [1.82, 2.24) is 25.2 Å². The summed E-state index contributed by atoms with van der Waals surface area (Å²) in [5.74, 6) is 0.283. The van der Waals surface area contributed by atoms with Crippen LogP contribution in [-0.2, 0) is 6.42 Å². The van der Waals surface area contributed by atoms with Gasteiger partial charge in [-0.2, -0.15) is 0 Å². The van der Waals surface area contributed by atoms with Gasteiger partial charge in [0.2, 0.25) is 0 Å². The Labute approximate surface area is 156 Å². The van der Waals surface area contributed by atoms with Gasteiger partial charge >= 0.3 is 0 Å². The number of halogens is 2. The van der Waals surface area contributed by atoms with Crippen molar-refractivity contribution in [3.63, 3.8) is 0 Å². The maximum absolute atomic E-state index is 13.9. The van der Waals surface area contributed by atoms with Crippen LogP contribution in [0.5, 0.6) is 0 Å². The summed E-state index contributed by atoms with van der Waals surface area (Å²) >= 11 is 0. The molecule has 2 aromatic heterocycles. The third-order valence-electron chi connectivity index (χ3n) is 4.26. The molecule has 8 heteroatoms. The molecule has 2 heterocycles. The van der Waals surface area contributed by atoms with E-state index in [9.17, 15) is 8.78 Å². The van der Waals surface area contributed by atoms with Crippen LogP contribution in [0.3, 0.4) is 0 Å². The van der Waals surface area contributed by atoms with Gasteiger partial charge in [0.25, 0.3) is 0 Å². The van der Waals surface area contributed by atoms with Gasteiger partial charge in [0.15, 0.2) is 11.6 Å². The highest BCUT2D eigenvalue weighted by Crippen LogP contribution is 2.17. The first kappa shape index (κ1) is 18.8. The zero-order valence-corrected chi connectivity index (χ0v) is 15.3. The first-order chi connectivity index (χ1) is 13.1. The lowest BCUT2D eigenvalue weighted by Crippen LogP contribution is -2.39. The van der Waals surface area contributed by atoms with E-state index in [0.29, 0.717) is 18.1 Å². The molecule has 27 heavy (non-hydrogen) atoms. The second kappa shape index (κ2) is 8.57. The molecule has 0 aliphatic rings. The summed E-state index contributed by atoms with van der Waals surface area (Å²) in [6.07, 6.45) is 3.53. The van der Waals surface area contributed by atoms with Crippen LogP contribution >= 0.6 is 0 Å². The second-order valence-electron chi connectivity index (χ2n) is 6.18. The fourth-order valence-electron chi connectivity index (χ4n) is 2.84. The fraction of sp³-hybridized carbons (Fsp3) is 0.316. The lowest BCUT2D eigenvalue weighted by molar-refractivity contribution is 0.550. The predicted molar refractivity (Wildman–Crippen MR) is 101 cm³/mol. The fourth-order valence-corrected chi connectivity index (χ4v) is 2.84. The van der Waals surface area contributed by atoms with Crippen LogP contribution in [0.2, 0.25) is 0 Å². The van der Waals surface area contributed by atoms with Crippen LogP contribution in [0.4, 0.5) is 8.78 Å². The number of benzene rings is 1. The Morgan fingerprint density at radius 1 is 1.22 bits per heavy atom. The summed E-state index contributed by atoms with van der Waals surface area (Å²) in [4.78, 5) is 4.15. The van der Waals surface area contributed by atoms with Crippen LogP contribution in [0, 0.1) is 11.6 Å². The number of hydrogen-bond acceptors (Lipinski definition) is 3. The van der Waals surface area contributed by atoms with E-state index in [2.05, 4.69) is 25.8 Å². The summed E-state index contributed by atoms with van der Waals surface area (Å²) in [5, 5.41) is 14.6. The third kappa shape index (κ3) is 4.58. The van der Waals surface area contributed by atoms with Crippen molar-refractivity contribution in [2.24, 2.45) is 4.99 Å². The molecule has 1 atom stereocenters. The molecule has 0 saturated carbocycles. The average molecular weight is 372 g/mol. The molecule has 1 aromatic carbocycles. The highest BCUT2D eigenvalue weighted by molar-refractivity contribution is 5.80. The van der Waals surface area contributed by atoms with Gasteiger partial charge in [0.05, 0.1) is 6.04 Å². The zero-order chi connectivity index (χ0) is 19.2. The van der Waals surface area contributed by atoms with Gasteiger partial charge in [0, 0.05) is 37.8 Å². The Balaban J connectivity index is 1.50. The number of nitrogens with one attached hydrogen (secondary N) is 2. The molecule has 0 aliphatic carbocycles. The van der Waals surface area contributed by atoms with Crippen molar-refractivity contribution in [3.8, 4) is 0 Å². The van der Waals surface area contributed by atoms with Crippen LogP contribution in [0.15, 0.2) is 47.6 Å². The Morgan fingerprint density at radius 2 is 2.07 bits per heavy atom. The average Bonchev–Trinajstić information content (AvgIpc) is 3.07. The first-order valence-corrected chi connectivity index (χ1v) is 8.79. The minimum atomic E-state index is -0.591. The predicted octanol–water partition coefficient (Wildman–Crippen LogP) is 2.87. The maximum Gasteiger partial charge on any atom is 0.191 e. The normalized spacial score (nSPS) is 13.0. The number of guanidine groups is 1. The largest absolute Gasteiger partial charge is 0.356 e. The van der Waals surface area contributed by atoms with Gasteiger partial charge in [-0.25, -0.2) is 8.78 Å². The van der Waals surface area contributed by atoms with Crippen molar-refractivity contribution in [1.29, 1.82) is 0 Å². The van der Waals surface area contributed by atoms with Crippen molar-refractivity contribution in [2.75, 3.05) is 13.6 Å². The monoisotopic (exact) mass is 372 g/mol. The quantitative estimate of drug-likeness (QED) is 0.397. The molecule has 0 radical (unpaired) electrons. The van der Waals surface area contributed by atoms with E-state index >= 15 is 0 Å². The van der Waals surface area contributed by atoms with Gasteiger partial charge < -0.3 is 10.6 Å². The third-order valence-corrected chi connectivity index (χ3v) is 4.26. The highest BCUT2D eigenvalue weighted by Gasteiger charge is 2.13. The van der Waals surface area contributed by atoms with Crippen molar-refractivity contribution >= 4 is 11.6 Å². The molecule has 0 fully saturated rings. The van der Waals surface area contributed by atoms with E-state index in [4.69, 9.17) is 0 Å². The highest BCUT2D eigenvalue weighted by atomic mass is 19.1. The first-order valence-electron chi connectivity index (χ1n) is 8.79. The topological polar surface area (TPSA) is 66.6 Å². The smallest absolute Gasteiger partial charge is 0.191 e. The number of aromatic nitrogens is 3. The summed E-state index contributed by atoms with van der Waals surface area (Å²) in [5.41, 5.74) is 1.21. The number of rotatable bonds is 6. The number of aryl methyl sites for hydroxylation is 1. The minimum Gasteiger partial charge on any atom is -0.356 e. The lowest BCUT2D eigenvalue weighted by atomic mass is 10.1. The van der Waals surface area contributed by atoms with E-state index in [1.165, 1.54) is 12.1 Å². The number of aliphatic imine (C=N–C) groups is 1. The molecular formula is C19H22F2N6. The molecule has 2 N–H and O–H groups in total. The van der Waals surface area contributed by atoms with Crippen molar-refractivity contribution < 1.29 is 8.78 Å². The maximum atomic E-state index is 13.9. The number of fused-ring (bicyclic) bond motifs is 1. The van der Waals surface area contributed by atoms with Gasteiger partial charge in [-0.3, -0.25) is 9.39 Å². The Bertz CT molecular complexity index is 937. The number of pyridine rings is 1. The van der Waals surface area contributed by atoms with E-state index in [0.717, 1.165) is 30.4 Å². The van der Waals surface area contributed by atoms with E-state index < -0.39 is 11.6 Å². The van der Waals surface area contributed by atoms with Gasteiger partial charge in [-0.15, -0.1) is 10.2 Å². The lowest BCUT2D eigenvalue weighted by Gasteiger charge is -2.18. The van der Waals surface area contributed by atoms with Gasteiger partial charge in [-0.1, -0.05) is 12.1 Å². The minimum absolute atomic E-state index is 0.350. The molecule has 3 aromatic rings. The second-order valence-corrected chi connectivity index (χ2v) is 6.18. The van der Waals surface area contributed by atoms with Crippen LogP contribution in [0.25, 0.3) is 5.65 Å². The van der Waals surface area contributed by atoms with Crippen molar-refractivity contribution in [3.05, 3.63) is 65.6 Å². The van der Waals surface area contributed by atoms with Gasteiger partial charge in [-0.05, 0) is 31.5 Å². The van der Waals surface area contributed by atoms with E-state index in [1.807, 2.05) is 28.8 Å². The van der Waals surface area contributed by atoms with E-state index in [1.54, 1.807) is 14.0 Å². The molecule has 0 saturated heterocycles. The van der Waals surface area contributed by atoms with Gasteiger partial charge in [0.1, 0.15) is 17.5 Å². The summed E-state index contributed by atoms with van der Waals surface area (Å²) in [6.45, 7) is 2.46. The van der Waals surface area contributed by atoms with Crippen LogP contribution in [0.1, 0.15) is 30.8 Å². The summed E-state index contributed by atoms with van der Waals surface area (Å²) < 4.78 is 28.9. The molecular weight excluding hydrogens is 350 g/mol. The standard InChI is InChI=1S/C19H22F2N6/c1-13(15-9-8-14(20)12-16(15)21)24-19(22-2)23-10-5-7-18-26-25-17-6-3-4-11-27(17)18/h3-4,6,8-9,11-13H,5,7,10H2,1-2H3,(H2,22,23,24). The Kier molecular flexibility index (Phi) is 5.95. The molecule has 1 unspecified atom stereocenters. The summed E-state index contributed by atoms with van der Waals surface area (Å²) in [6, 6.07) is 9.00. The molecule has 142 valence electrons. The molecule has 0 bridgehead atoms. The Morgan fingerprint density at radius 3 is 2.85 bits per heavy atom. The zero-order valence-electron chi connectivity index (χ0n) is 15.3. The summed E-state index contributed by atoms with van der Waals surface area (Å²) in [7, 11) is 1.65. The molecule has 6 nitrogen and oxygen atoms in total. The van der Waals surface area contributed by atoms with E-state index in [-0.39, 0.29) is 6.04 Å². The van der Waals surface area contributed by atoms with Crippen LogP contribution in [-0.4, -0.2) is 34.2 Å². The SMILES string of the molecule is CN=C(NCCCc1nnc2ccccn12)NC(C)c1ccc(F)cc1F.